The first-order chi connectivity index (χ1) is 10.2. The molecule has 1 amide bonds. The van der Waals surface area contributed by atoms with Gasteiger partial charge in [0.15, 0.2) is 0 Å². The van der Waals surface area contributed by atoms with Crippen molar-refractivity contribution in [3.63, 3.8) is 0 Å². The standard InChI is InChI=1S/C16H23N3O2/c17-9-11-2-1-3-12(6-11)18-16(21)10-19-13-4-5-14(19)8-15(20)7-13/h1-3,6,13-15,20H,4-5,7-10,17H2,(H,18,21). The quantitative estimate of drug-likeness (QED) is 0.775. The minimum atomic E-state index is -0.192. The summed E-state index contributed by atoms with van der Waals surface area (Å²) < 4.78 is 0. The summed E-state index contributed by atoms with van der Waals surface area (Å²) in [4.78, 5) is 14.5. The number of carbonyl (C=O) groups excluding carboxylic acids is 1. The molecule has 0 aromatic heterocycles. The molecule has 0 radical (unpaired) electrons. The van der Waals surface area contributed by atoms with Crippen molar-refractivity contribution >= 4 is 11.6 Å². The summed E-state index contributed by atoms with van der Waals surface area (Å²) in [6.45, 7) is 0.882. The van der Waals surface area contributed by atoms with Gasteiger partial charge < -0.3 is 16.2 Å². The van der Waals surface area contributed by atoms with Crippen LogP contribution in [0.15, 0.2) is 24.3 Å². The molecule has 2 fully saturated rings. The van der Waals surface area contributed by atoms with E-state index in [0.717, 1.165) is 36.9 Å². The van der Waals surface area contributed by atoms with E-state index in [-0.39, 0.29) is 12.0 Å². The highest BCUT2D eigenvalue weighted by Crippen LogP contribution is 2.35. The van der Waals surface area contributed by atoms with Crippen molar-refractivity contribution in [2.24, 2.45) is 5.73 Å². The van der Waals surface area contributed by atoms with Crippen LogP contribution in [0.4, 0.5) is 5.69 Å². The van der Waals surface area contributed by atoms with Crippen molar-refractivity contribution < 1.29 is 9.90 Å². The molecule has 2 bridgehead atoms. The molecule has 2 unspecified atom stereocenters. The van der Waals surface area contributed by atoms with Gasteiger partial charge in [-0.15, -0.1) is 0 Å². The number of rotatable bonds is 4. The van der Waals surface area contributed by atoms with Crippen molar-refractivity contribution in [1.29, 1.82) is 0 Å². The molecule has 0 saturated carbocycles. The third kappa shape index (κ3) is 3.26. The average Bonchev–Trinajstić information content (AvgIpc) is 2.70. The van der Waals surface area contributed by atoms with Gasteiger partial charge in [-0.2, -0.15) is 0 Å². The van der Waals surface area contributed by atoms with Crippen LogP contribution in [0.2, 0.25) is 0 Å². The van der Waals surface area contributed by atoms with E-state index in [1.807, 2.05) is 24.3 Å². The number of hydrogen-bond acceptors (Lipinski definition) is 4. The van der Waals surface area contributed by atoms with Crippen LogP contribution in [0.5, 0.6) is 0 Å². The fraction of sp³-hybridized carbons (Fsp3) is 0.562. The molecular weight excluding hydrogens is 266 g/mol. The average molecular weight is 289 g/mol. The minimum absolute atomic E-state index is 0.0115. The van der Waals surface area contributed by atoms with Crippen LogP contribution in [-0.2, 0) is 11.3 Å². The molecule has 114 valence electrons. The molecule has 1 aromatic rings. The van der Waals surface area contributed by atoms with Gasteiger partial charge in [0.1, 0.15) is 0 Å². The van der Waals surface area contributed by atoms with Gasteiger partial charge >= 0.3 is 0 Å². The van der Waals surface area contributed by atoms with E-state index in [0.29, 0.717) is 25.2 Å². The van der Waals surface area contributed by atoms with E-state index in [2.05, 4.69) is 10.2 Å². The molecule has 2 aliphatic rings. The third-order valence-electron chi connectivity index (χ3n) is 4.63. The highest BCUT2D eigenvalue weighted by molar-refractivity contribution is 5.92. The number of carbonyl (C=O) groups is 1. The third-order valence-corrected chi connectivity index (χ3v) is 4.63. The first-order valence-electron chi connectivity index (χ1n) is 7.68. The van der Waals surface area contributed by atoms with E-state index in [4.69, 9.17) is 5.73 Å². The first kappa shape index (κ1) is 14.5. The van der Waals surface area contributed by atoms with Crippen molar-refractivity contribution in [1.82, 2.24) is 4.90 Å². The predicted octanol–water partition coefficient (Wildman–Crippen LogP) is 1.07. The van der Waals surface area contributed by atoms with E-state index < -0.39 is 0 Å². The van der Waals surface area contributed by atoms with E-state index in [1.54, 1.807) is 0 Å². The number of benzene rings is 1. The van der Waals surface area contributed by atoms with Crippen LogP contribution in [-0.4, -0.2) is 40.6 Å². The summed E-state index contributed by atoms with van der Waals surface area (Å²) >= 11 is 0. The topological polar surface area (TPSA) is 78.6 Å². The lowest BCUT2D eigenvalue weighted by molar-refractivity contribution is -0.119. The van der Waals surface area contributed by atoms with Gasteiger partial charge in [-0.1, -0.05) is 12.1 Å². The molecule has 0 spiro atoms. The van der Waals surface area contributed by atoms with Crippen LogP contribution < -0.4 is 11.1 Å². The fourth-order valence-corrected chi connectivity index (χ4v) is 3.65. The number of hydrogen-bond donors (Lipinski definition) is 3. The molecule has 2 aliphatic heterocycles. The minimum Gasteiger partial charge on any atom is -0.393 e. The second-order valence-electron chi connectivity index (χ2n) is 6.14. The van der Waals surface area contributed by atoms with Gasteiger partial charge in [0.2, 0.25) is 5.91 Å². The van der Waals surface area contributed by atoms with Crippen LogP contribution in [0.3, 0.4) is 0 Å². The Balaban J connectivity index is 1.59. The molecule has 5 heteroatoms. The zero-order chi connectivity index (χ0) is 14.8. The molecular formula is C16H23N3O2. The van der Waals surface area contributed by atoms with Crippen LogP contribution in [0.1, 0.15) is 31.2 Å². The number of nitrogens with two attached hydrogens (primary N) is 1. The maximum Gasteiger partial charge on any atom is 0.238 e. The van der Waals surface area contributed by atoms with Crippen molar-refractivity contribution in [2.75, 3.05) is 11.9 Å². The van der Waals surface area contributed by atoms with E-state index in [9.17, 15) is 9.90 Å². The van der Waals surface area contributed by atoms with Crippen molar-refractivity contribution in [3.8, 4) is 0 Å². The lowest BCUT2D eigenvalue weighted by Gasteiger charge is -2.36. The zero-order valence-corrected chi connectivity index (χ0v) is 12.2. The first-order valence-corrected chi connectivity index (χ1v) is 7.68. The van der Waals surface area contributed by atoms with Crippen LogP contribution in [0.25, 0.3) is 0 Å². The second kappa shape index (κ2) is 6.13. The lowest BCUT2D eigenvalue weighted by Crippen LogP contribution is -2.47. The largest absolute Gasteiger partial charge is 0.393 e. The van der Waals surface area contributed by atoms with Gasteiger partial charge in [0.25, 0.3) is 0 Å². The summed E-state index contributed by atoms with van der Waals surface area (Å²) in [6.07, 6.45) is 3.59. The van der Waals surface area contributed by atoms with Crippen molar-refractivity contribution in [3.05, 3.63) is 29.8 Å². The Bertz CT molecular complexity index is 506. The summed E-state index contributed by atoms with van der Waals surface area (Å²) in [7, 11) is 0. The van der Waals surface area contributed by atoms with Crippen LogP contribution >= 0.6 is 0 Å². The van der Waals surface area contributed by atoms with Gasteiger partial charge in [-0.3, -0.25) is 9.69 Å². The molecule has 2 saturated heterocycles. The number of anilines is 1. The molecule has 2 heterocycles. The summed E-state index contributed by atoms with van der Waals surface area (Å²) in [5.41, 5.74) is 7.42. The van der Waals surface area contributed by atoms with Gasteiger partial charge in [-0.25, -0.2) is 0 Å². The monoisotopic (exact) mass is 289 g/mol. The normalized spacial score (nSPS) is 28.6. The maximum atomic E-state index is 12.2. The Morgan fingerprint density at radius 2 is 2.05 bits per heavy atom. The lowest BCUT2D eigenvalue weighted by atomic mass is 10.00. The van der Waals surface area contributed by atoms with E-state index >= 15 is 0 Å². The zero-order valence-electron chi connectivity index (χ0n) is 12.2. The highest BCUT2D eigenvalue weighted by atomic mass is 16.3. The van der Waals surface area contributed by atoms with Crippen LogP contribution in [0, 0.1) is 0 Å². The Labute approximate surface area is 125 Å². The number of nitrogens with zero attached hydrogens (tertiary/aromatic N) is 1. The Kier molecular flexibility index (Phi) is 4.24. The number of amides is 1. The summed E-state index contributed by atoms with van der Waals surface area (Å²) in [6, 6.07) is 8.36. The number of aliphatic hydroxyl groups excluding tert-OH is 1. The summed E-state index contributed by atoms with van der Waals surface area (Å²) in [5.74, 6) is 0.0115. The molecule has 2 atom stereocenters. The highest BCUT2D eigenvalue weighted by Gasteiger charge is 2.40. The van der Waals surface area contributed by atoms with E-state index in [1.165, 1.54) is 0 Å². The van der Waals surface area contributed by atoms with Crippen molar-refractivity contribution in [2.45, 2.75) is 50.4 Å². The number of aliphatic hydroxyl groups is 1. The second-order valence-corrected chi connectivity index (χ2v) is 6.14. The number of nitrogens with one attached hydrogen (secondary N) is 1. The maximum absolute atomic E-state index is 12.2. The molecule has 21 heavy (non-hydrogen) atoms. The van der Waals surface area contributed by atoms with Gasteiger partial charge in [0, 0.05) is 24.3 Å². The van der Waals surface area contributed by atoms with Gasteiger partial charge in [-0.05, 0) is 43.4 Å². The number of piperidine rings is 1. The smallest absolute Gasteiger partial charge is 0.238 e. The SMILES string of the molecule is NCc1cccc(NC(=O)CN2C3CCC2CC(O)C3)c1. The fourth-order valence-electron chi connectivity index (χ4n) is 3.65. The molecule has 3 rings (SSSR count). The predicted molar refractivity (Wildman–Crippen MR) is 81.7 cm³/mol. The Morgan fingerprint density at radius 1 is 1.33 bits per heavy atom. The molecule has 1 aromatic carbocycles. The molecule has 4 N–H and O–H groups in total. The molecule has 0 aliphatic carbocycles. The molecule has 5 nitrogen and oxygen atoms in total. The van der Waals surface area contributed by atoms with Gasteiger partial charge in [0.05, 0.1) is 12.6 Å². The number of fused-ring (bicyclic) bond motifs is 2. The summed E-state index contributed by atoms with van der Waals surface area (Å²) in [5, 5.41) is 12.7. The Morgan fingerprint density at radius 3 is 2.71 bits per heavy atom. The Hall–Kier alpha value is -1.43.